The number of fused-ring (bicyclic) bond motifs is 1. The van der Waals surface area contributed by atoms with Crippen molar-refractivity contribution in [1.29, 1.82) is 0 Å². The highest BCUT2D eigenvalue weighted by Crippen LogP contribution is 2.28. The van der Waals surface area contributed by atoms with Crippen molar-refractivity contribution in [3.63, 3.8) is 0 Å². The van der Waals surface area contributed by atoms with Gasteiger partial charge >= 0.3 is 0 Å². The monoisotopic (exact) mass is 334 g/mol. The van der Waals surface area contributed by atoms with Crippen molar-refractivity contribution in [3.8, 4) is 0 Å². The average molecular weight is 335 g/mol. The fourth-order valence-corrected chi connectivity index (χ4v) is 2.96. The average Bonchev–Trinajstić information content (AvgIpc) is 3.01. The second-order valence-electron chi connectivity index (χ2n) is 4.63. The van der Waals surface area contributed by atoms with E-state index in [1.54, 1.807) is 12.3 Å². The van der Waals surface area contributed by atoms with Crippen LogP contribution in [0.25, 0.3) is 11.0 Å². The van der Waals surface area contributed by atoms with E-state index in [9.17, 15) is 5.11 Å². The number of aliphatic hydroxyl groups is 1. The Hall–Kier alpha value is -1.59. The van der Waals surface area contributed by atoms with Gasteiger partial charge in [-0.25, -0.2) is 4.98 Å². The van der Waals surface area contributed by atoms with Gasteiger partial charge in [-0.05, 0) is 41.1 Å². The van der Waals surface area contributed by atoms with Gasteiger partial charge in [0.05, 0.1) is 23.4 Å². The van der Waals surface area contributed by atoms with Gasteiger partial charge in [0.15, 0.2) is 4.67 Å². The van der Waals surface area contributed by atoms with E-state index in [4.69, 9.17) is 4.42 Å². The largest absolute Gasteiger partial charge is 0.457 e. The third-order valence-corrected chi connectivity index (χ3v) is 4.08. The number of aromatic nitrogens is 2. The van der Waals surface area contributed by atoms with Gasteiger partial charge in [0.1, 0.15) is 5.82 Å². The standard InChI is InChI=1S/C15H15BrN2O2/c1-2-18-12-6-4-3-5-11(12)17-14(18)9-13(19)10-7-8-20-15(10)16/h3-8,13,19H,2,9H2,1H3. The molecule has 20 heavy (non-hydrogen) atoms. The van der Waals surface area contributed by atoms with Crippen LogP contribution in [-0.4, -0.2) is 14.7 Å². The predicted molar refractivity (Wildman–Crippen MR) is 80.5 cm³/mol. The minimum absolute atomic E-state index is 0.459. The first-order valence-electron chi connectivity index (χ1n) is 6.55. The van der Waals surface area contributed by atoms with Gasteiger partial charge in [0.2, 0.25) is 0 Å². The van der Waals surface area contributed by atoms with Gasteiger partial charge in [0, 0.05) is 18.5 Å². The molecule has 0 amide bonds. The number of imidazole rings is 1. The fourth-order valence-electron chi connectivity index (χ4n) is 2.46. The van der Waals surface area contributed by atoms with Crippen molar-refractivity contribution in [2.24, 2.45) is 0 Å². The van der Waals surface area contributed by atoms with Crippen molar-refractivity contribution in [1.82, 2.24) is 9.55 Å². The number of aliphatic hydroxyl groups excluding tert-OH is 1. The van der Waals surface area contributed by atoms with Crippen LogP contribution in [0, 0.1) is 0 Å². The van der Waals surface area contributed by atoms with Crippen molar-refractivity contribution in [2.45, 2.75) is 26.0 Å². The summed E-state index contributed by atoms with van der Waals surface area (Å²) in [5.74, 6) is 0.884. The maximum Gasteiger partial charge on any atom is 0.174 e. The molecule has 0 saturated heterocycles. The molecule has 1 N–H and O–H groups in total. The van der Waals surface area contributed by atoms with Crippen molar-refractivity contribution in [3.05, 3.63) is 52.7 Å². The van der Waals surface area contributed by atoms with Crippen molar-refractivity contribution < 1.29 is 9.52 Å². The minimum Gasteiger partial charge on any atom is -0.457 e. The zero-order valence-corrected chi connectivity index (χ0v) is 12.7. The van der Waals surface area contributed by atoms with E-state index in [0.29, 0.717) is 11.1 Å². The second-order valence-corrected chi connectivity index (χ2v) is 5.35. The molecular formula is C15H15BrN2O2. The number of furan rings is 1. The summed E-state index contributed by atoms with van der Waals surface area (Å²) >= 11 is 3.30. The summed E-state index contributed by atoms with van der Waals surface area (Å²) in [5, 5.41) is 10.3. The molecule has 0 fully saturated rings. The molecular weight excluding hydrogens is 320 g/mol. The zero-order chi connectivity index (χ0) is 14.1. The fraction of sp³-hybridized carbons (Fsp3) is 0.267. The van der Waals surface area contributed by atoms with Crippen LogP contribution in [0.4, 0.5) is 0 Å². The Labute approximate surface area is 125 Å². The van der Waals surface area contributed by atoms with Crippen LogP contribution in [0.15, 0.2) is 45.7 Å². The zero-order valence-electron chi connectivity index (χ0n) is 11.1. The summed E-state index contributed by atoms with van der Waals surface area (Å²) in [7, 11) is 0. The first-order chi connectivity index (χ1) is 9.70. The Balaban J connectivity index is 1.96. The number of nitrogens with zero attached hydrogens (tertiary/aromatic N) is 2. The molecule has 104 valence electrons. The van der Waals surface area contributed by atoms with Gasteiger partial charge < -0.3 is 14.1 Å². The van der Waals surface area contributed by atoms with Crippen molar-refractivity contribution >= 4 is 27.0 Å². The molecule has 0 aliphatic heterocycles. The summed E-state index contributed by atoms with van der Waals surface area (Å²) in [6.07, 6.45) is 1.39. The van der Waals surface area contributed by atoms with E-state index in [0.717, 1.165) is 29.0 Å². The topological polar surface area (TPSA) is 51.2 Å². The SMILES string of the molecule is CCn1c(CC(O)c2ccoc2Br)nc2ccccc21. The highest BCUT2D eigenvalue weighted by atomic mass is 79.9. The summed E-state index contributed by atoms with van der Waals surface area (Å²) in [6, 6.07) is 9.79. The summed E-state index contributed by atoms with van der Waals surface area (Å²) in [6.45, 7) is 2.91. The van der Waals surface area contributed by atoms with E-state index in [1.165, 1.54) is 0 Å². The number of hydrogen-bond acceptors (Lipinski definition) is 3. The predicted octanol–water partition coefficient (Wildman–Crippen LogP) is 3.69. The molecule has 1 aromatic carbocycles. The lowest BCUT2D eigenvalue weighted by Crippen LogP contribution is -2.08. The van der Waals surface area contributed by atoms with Gasteiger partial charge in [-0.1, -0.05) is 12.1 Å². The Morgan fingerprint density at radius 2 is 2.15 bits per heavy atom. The molecule has 1 unspecified atom stereocenters. The van der Waals surface area contributed by atoms with Gasteiger partial charge in [-0.2, -0.15) is 0 Å². The third-order valence-electron chi connectivity index (χ3n) is 3.43. The van der Waals surface area contributed by atoms with Crippen LogP contribution in [0.3, 0.4) is 0 Å². The number of para-hydroxylation sites is 2. The van der Waals surface area contributed by atoms with Gasteiger partial charge in [-0.15, -0.1) is 0 Å². The minimum atomic E-state index is -0.634. The molecule has 2 heterocycles. The van der Waals surface area contributed by atoms with Gasteiger partial charge in [-0.3, -0.25) is 0 Å². The molecule has 2 aromatic heterocycles. The van der Waals surface area contributed by atoms with E-state index >= 15 is 0 Å². The third kappa shape index (κ3) is 2.27. The molecule has 0 radical (unpaired) electrons. The number of hydrogen-bond donors (Lipinski definition) is 1. The lowest BCUT2D eigenvalue weighted by atomic mass is 10.1. The lowest BCUT2D eigenvalue weighted by Gasteiger charge is -2.10. The Kier molecular flexibility index (Phi) is 3.63. The highest BCUT2D eigenvalue weighted by molar-refractivity contribution is 9.10. The normalized spacial score (nSPS) is 12.9. The quantitative estimate of drug-likeness (QED) is 0.791. The maximum absolute atomic E-state index is 10.3. The Morgan fingerprint density at radius 1 is 1.35 bits per heavy atom. The Bertz CT molecular complexity index is 732. The number of halogens is 1. The summed E-state index contributed by atoms with van der Waals surface area (Å²) in [4.78, 5) is 4.62. The molecule has 0 aliphatic carbocycles. The smallest absolute Gasteiger partial charge is 0.174 e. The first kappa shape index (κ1) is 13.4. The molecule has 0 spiro atoms. The molecule has 0 bridgehead atoms. The van der Waals surface area contributed by atoms with Crippen LogP contribution >= 0.6 is 15.9 Å². The van der Waals surface area contributed by atoms with E-state index < -0.39 is 6.10 Å². The van der Waals surface area contributed by atoms with Crippen LogP contribution in [0.1, 0.15) is 24.4 Å². The van der Waals surface area contributed by atoms with Gasteiger partial charge in [0.25, 0.3) is 0 Å². The van der Waals surface area contributed by atoms with Crippen LogP contribution < -0.4 is 0 Å². The van der Waals surface area contributed by atoms with Crippen LogP contribution in [-0.2, 0) is 13.0 Å². The molecule has 0 saturated carbocycles. The molecule has 0 aliphatic rings. The van der Waals surface area contributed by atoms with E-state index in [2.05, 4.69) is 38.5 Å². The summed E-state index contributed by atoms with van der Waals surface area (Å²) in [5.41, 5.74) is 2.81. The summed E-state index contributed by atoms with van der Waals surface area (Å²) < 4.78 is 7.87. The van der Waals surface area contributed by atoms with Crippen LogP contribution in [0.2, 0.25) is 0 Å². The molecule has 3 rings (SSSR count). The number of aryl methyl sites for hydroxylation is 1. The van der Waals surface area contributed by atoms with Crippen LogP contribution in [0.5, 0.6) is 0 Å². The lowest BCUT2D eigenvalue weighted by molar-refractivity contribution is 0.172. The first-order valence-corrected chi connectivity index (χ1v) is 7.35. The van der Waals surface area contributed by atoms with E-state index in [1.807, 2.05) is 18.2 Å². The number of benzene rings is 1. The number of rotatable bonds is 4. The van der Waals surface area contributed by atoms with E-state index in [-0.39, 0.29) is 0 Å². The molecule has 4 nitrogen and oxygen atoms in total. The molecule has 5 heteroatoms. The van der Waals surface area contributed by atoms with Crippen molar-refractivity contribution in [2.75, 3.05) is 0 Å². The highest BCUT2D eigenvalue weighted by Gasteiger charge is 2.18. The molecule has 1 atom stereocenters. The molecule has 3 aromatic rings. The second kappa shape index (κ2) is 5.42. The maximum atomic E-state index is 10.3. The Morgan fingerprint density at radius 3 is 2.85 bits per heavy atom.